The first-order valence-corrected chi connectivity index (χ1v) is 11.0. The molecule has 0 fully saturated rings. The van der Waals surface area contributed by atoms with Crippen LogP contribution in [0.3, 0.4) is 0 Å². The van der Waals surface area contributed by atoms with Gasteiger partial charge in [-0.1, -0.05) is 29.3 Å². The Kier molecular flexibility index (Phi) is 7.96. The fourth-order valence-corrected chi connectivity index (χ4v) is 3.83. The SMILES string of the molecule is CCNC(=S)NN=Cc1cc(C)n(-c2ccc(OCc3ccc(Cl)cc3Cl)cc2)c1C. The number of hydrazone groups is 1. The highest BCUT2D eigenvalue weighted by Gasteiger charge is 2.10. The van der Waals surface area contributed by atoms with E-state index in [0.29, 0.717) is 21.8 Å². The van der Waals surface area contributed by atoms with Crippen molar-refractivity contribution in [2.45, 2.75) is 27.4 Å². The number of ether oxygens (including phenoxy) is 1. The van der Waals surface area contributed by atoms with E-state index < -0.39 is 0 Å². The highest BCUT2D eigenvalue weighted by atomic mass is 35.5. The molecule has 31 heavy (non-hydrogen) atoms. The normalized spacial score (nSPS) is 11.0. The molecule has 5 nitrogen and oxygen atoms in total. The van der Waals surface area contributed by atoms with E-state index in [1.807, 2.05) is 37.3 Å². The van der Waals surface area contributed by atoms with Crippen molar-refractivity contribution < 1.29 is 4.74 Å². The molecule has 0 bridgehead atoms. The molecule has 0 saturated carbocycles. The monoisotopic (exact) mass is 474 g/mol. The Morgan fingerprint density at radius 1 is 1.13 bits per heavy atom. The molecule has 3 aromatic rings. The lowest BCUT2D eigenvalue weighted by Crippen LogP contribution is -2.31. The van der Waals surface area contributed by atoms with E-state index in [1.54, 1.807) is 18.3 Å². The van der Waals surface area contributed by atoms with Crippen LogP contribution in [0.5, 0.6) is 5.75 Å². The Hall–Kier alpha value is -2.54. The van der Waals surface area contributed by atoms with Crippen LogP contribution in [0.25, 0.3) is 5.69 Å². The van der Waals surface area contributed by atoms with Gasteiger partial charge in [-0.25, -0.2) is 0 Å². The van der Waals surface area contributed by atoms with Crippen LogP contribution < -0.4 is 15.5 Å². The average molecular weight is 475 g/mol. The quantitative estimate of drug-likeness (QED) is 0.258. The van der Waals surface area contributed by atoms with E-state index in [1.165, 1.54) is 0 Å². The van der Waals surface area contributed by atoms with E-state index >= 15 is 0 Å². The molecule has 0 aliphatic carbocycles. The second-order valence-electron chi connectivity index (χ2n) is 6.91. The summed E-state index contributed by atoms with van der Waals surface area (Å²) in [6, 6.07) is 15.4. The minimum Gasteiger partial charge on any atom is -0.489 e. The maximum absolute atomic E-state index is 6.21. The van der Waals surface area contributed by atoms with Crippen molar-refractivity contribution in [3.05, 3.63) is 81.1 Å². The molecule has 0 radical (unpaired) electrons. The lowest BCUT2D eigenvalue weighted by Gasteiger charge is -2.12. The highest BCUT2D eigenvalue weighted by Crippen LogP contribution is 2.25. The van der Waals surface area contributed by atoms with Gasteiger partial charge in [-0.2, -0.15) is 5.10 Å². The van der Waals surface area contributed by atoms with E-state index in [0.717, 1.165) is 40.5 Å². The summed E-state index contributed by atoms with van der Waals surface area (Å²) < 4.78 is 8.05. The Balaban J connectivity index is 1.70. The van der Waals surface area contributed by atoms with Gasteiger partial charge in [-0.15, -0.1) is 0 Å². The molecule has 2 aromatic carbocycles. The van der Waals surface area contributed by atoms with Gasteiger partial charge in [0.25, 0.3) is 0 Å². The van der Waals surface area contributed by atoms with Gasteiger partial charge in [0.05, 0.1) is 6.21 Å². The van der Waals surface area contributed by atoms with Crippen molar-refractivity contribution in [2.24, 2.45) is 5.10 Å². The molecule has 0 unspecified atom stereocenters. The van der Waals surface area contributed by atoms with E-state index in [-0.39, 0.29) is 0 Å². The fourth-order valence-electron chi connectivity index (χ4n) is 3.17. The first-order valence-electron chi connectivity index (χ1n) is 9.82. The molecule has 2 N–H and O–H groups in total. The number of halogens is 2. The highest BCUT2D eigenvalue weighted by molar-refractivity contribution is 7.80. The Labute approximate surface area is 198 Å². The van der Waals surface area contributed by atoms with E-state index in [9.17, 15) is 0 Å². The molecule has 3 rings (SSSR count). The van der Waals surface area contributed by atoms with Crippen molar-refractivity contribution in [3.63, 3.8) is 0 Å². The minimum absolute atomic E-state index is 0.374. The van der Waals surface area contributed by atoms with Gasteiger partial charge in [-0.05, 0) is 75.5 Å². The summed E-state index contributed by atoms with van der Waals surface area (Å²) in [6.07, 6.45) is 1.77. The molecule has 0 aliphatic heterocycles. The number of hydrogen-bond donors (Lipinski definition) is 2. The summed E-state index contributed by atoms with van der Waals surface area (Å²) >= 11 is 17.3. The van der Waals surface area contributed by atoms with Crippen LogP contribution in [0.1, 0.15) is 29.4 Å². The van der Waals surface area contributed by atoms with Gasteiger partial charge in [0, 0.05) is 44.8 Å². The molecule has 0 spiro atoms. The Morgan fingerprint density at radius 3 is 2.55 bits per heavy atom. The van der Waals surface area contributed by atoms with Crippen LogP contribution in [-0.4, -0.2) is 22.4 Å². The molecule has 8 heteroatoms. The van der Waals surface area contributed by atoms with Gasteiger partial charge < -0.3 is 14.6 Å². The first-order chi connectivity index (χ1) is 14.9. The summed E-state index contributed by atoms with van der Waals surface area (Å²) in [6.45, 7) is 7.23. The standard InChI is InChI=1S/C23H24Cl2N4OS/c1-4-26-23(31)28-27-13-18-11-15(2)29(16(18)3)20-7-9-21(10-8-20)30-14-17-5-6-19(24)12-22(17)25/h5-13H,4,14H2,1-3H3,(H2,26,28,31). The van der Waals surface area contributed by atoms with E-state index in [4.69, 9.17) is 40.2 Å². The molecule has 0 saturated heterocycles. The van der Waals surface area contributed by atoms with Crippen molar-refractivity contribution >= 4 is 46.7 Å². The second kappa shape index (κ2) is 10.7. The predicted octanol–water partition coefficient (Wildman–Crippen LogP) is 5.80. The van der Waals surface area contributed by atoms with Crippen LogP contribution in [0.15, 0.2) is 53.6 Å². The molecular formula is C23H24Cl2N4OS. The summed E-state index contributed by atoms with van der Waals surface area (Å²) in [5, 5.41) is 8.92. The lowest BCUT2D eigenvalue weighted by atomic mass is 10.2. The van der Waals surface area contributed by atoms with Crippen molar-refractivity contribution in [1.82, 2.24) is 15.3 Å². The molecular weight excluding hydrogens is 451 g/mol. The lowest BCUT2D eigenvalue weighted by molar-refractivity contribution is 0.306. The van der Waals surface area contributed by atoms with Crippen molar-refractivity contribution in [3.8, 4) is 11.4 Å². The molecule has 0 amide bonds. The van der Waals surface area contributed by atoms with Crippen LogP contribution >= 0.6 is 35.4 Å². The number of rotatable bonds is 7. The summed E-state index contributed by atoms with van der Waals surface area (Å²) in [5.74, 6) is 0.764. The third-order valence-corrected chi connectivity index (χ3v) is 5.50. The Bertz CT molecular complexity index is 1090. The zero-order chi connectivity index (χ0) is 22.4. The predicted molar refractivity (Wildman–Crippen MR) is 133 cm³/mol. The van der Waals surface area contributed by atoms with Crippen molar-refractivity contribution in [2.75, 3.05) is 6.54 Å². The summed E-state index contributed by atoms with van der Waals surface area (Å²) in [5.41, 5.74) is 7.95. The van der Waals surface area contributed by atoms with Crippen molar-refractivity contribution in [1.29, 1.82) is 0 Å². The number of benzene rings is 2. The molecule has 1 aromatic heterocycles. The largest absolute Gasteiger partial charge is 0.489 e. The molecule has 162 valence electrons. The summed E-state index contributed by atoms with van der Waals surface area (Å²) in [7, 11) is 0. The average Bonchev–Trinajstić information content (AvgIpc) is 3.01. The number of aryl methyl sites for hydroxylation is 1. The van der Waals surface area contributed by atoms with Gasteiger partial charge in [0.1, 0.15) is 12.4 Å². The number of nitrogens with one attached hydrogen (secondary N) is 2. The fraction of sp³-hybridized carbons (Fsp3) is 0.217. The second-order valence-corrected chi connectivity index (χ2v) is 8.16. The van der Waals surface area contributed by atoms with Crippen LogP contribution in [0.2, 0.25) is 10.0 Å². The molecule has 0 atom stereocenters. The van der Waals surface area contributed by atoms with Gasteiger partial charge in [-0.3, -0.25) is 5.43 Å². The van der Waals surface area contributed by atoms with Gasteiger partial charge in [0.15, 0.2) is 5.11 Å². The van der Waals surface area contributed by atoms with Crippen LogP contribution in [0.4, 0.5) is 0 Å². The maximum Gasteiger partial charge on any atom is 0.186 e. The first kappa shape index (κ1) is 23.1. The Morgan fingerprint density at radius 2 is 1.87 bits per heavy atom. The zero-order valence-corrected chi connectivity index (χ0v) is 19.9. The minimum atomic E-state index is 0.374. The number of hydrogen-bond acceptors (Lipinski definition) is 3. The topological polar surface area (TPSA) is 50.6 Å². The smallest absolute Gasteiger partial charge is 0.186 e. The number of aromatic nitrogens is 1. The third kappa shape index (κ3) is 6.00. The number of thiocarbonyl (C=S) groups is 1. The maximum atomic E-state index is 6.21. The van der Waals surface area contributed by atoms with Crippen LogP contribution in [0, 0.1) is 13.8 Å². The molecule has 1 heterocycles. The summed E-state index contributed by atoms with van der Waals surface area (Å²) in [4.78, 5) is 0. The third-order valence-electron chi connectivity index (χ3n) is 4.68. The van der Waals surface area contributed by atoms with Crippen LogP contribution in [-0.2, 0) is 6.61 Å². The van der Waals surface area contributed by atoms with E-state index in [2.05, 4.69) is 40.3 Å². The molecule has 0 aliphatic rings. The van der Waals surface area contributed by atoms with Gasteiger partial charge >= 0.3 is 0 Å². The zero-order valence-electron chi connectivity index (χ0n) is 17.6. The number of nitrogens with zero attached hydrogens (tertiary/aromatic N) is 2. The van der Waals surface area contributed by atoms with Gasteiger partial charge in [0.2, 0.25) is 0 Å².